The van der Waals surface area contributed by atoms with Crippen molar-refractivity contribution in [2.75, 3.05) is 7.05 Å². The molecule has 0 aliphatic rings. The first-order valence-corrected chi connectivity index (χ1v) is 6.66. The van der Waals surface area contributed by atoms with E-state index in [-0.39, 0.29) is 12.5 Å². The van der Waals surface area contributed by atoms with Gasteiger partial charge in [-0.3, -0.25) is 4.98 Å². The quantitative estimate of drug-likeness (QED) is 0.872. The van der Waals surface area contributed by atoms with Gasteiger partial charge in [-0.2, -0.15) is 4.98 Å². The molecule has 6 heteroatoms. The summed E-state index contributed by atoms with van der Waals surface area (Å²) in [5.41, 5.74) is 1.84. The van der Waals surface area contributed by atoms with Crippen LogP contribution < -0.4 is 10.1 Å². The van der Waals surface area contributed by atoms with E-state index in [4.69, 9.17) is 9.26 Å². The summed E-state index contributed by atoms with van der Waals surface area (Å²) in [5, 5.41) is 6.98. The van der Waals surface area contributed by atoms with Crippen molar-refractivity contribution in [3.05, 3.63) is 35.2 Å². The molecule has 0 saturated carbocycles. The fourth-order valence-corrected chi connectivity index (χ4v) is 1.73. The number of nitrogens with one attached hydrogen (secondary N) is 1. The van der Waals surface area contributed by atoms with E-state index in [0.717, 1.165) is 17.1 Å². The molecule has 2 aromatic heterocycles. The number of pyridine rings is 1. The van der Waals surface area contributed by atoms with Crippen LogP contribution in [0.4, 0.5) is 0 Å². The number of hydrogen-bond donors (Lipinski definition) is 1. The molecule has 0 aromatic carbocycles. The topological polar surface area (TPSA) is 73.1 Å². The molecule has 0 atom stereocenters. The number of aromatic nitrogens is 3. The van der Waals surface area contributed by atoms with Crippen LogP contribution in [0, 0.1) is 6.92 Å². The Morgan fingerprint density at radius 3 is 2.75 bits per heavy atom. The Hall–Kier alpha value is -1.95. The van der Waals surface area contributed by atoms with Crippen molar-refractivity contribution in [1.29, 1.82) is 0 Å². The van der Waals surface area contributed by atoms with Crippen molar-refractivity contribution in [1.82, 2.24) is 20.4 Å². The largest absolute Gasteiger partial charge is 0.484 e. The predicted octanol–water partition coefficient (Wildman–Crippen LogP) is 2.19. The Balaban J connectivity index is 2.06. The van der Waals surface area contributed by atoms with Crippen molar-refractivity contribution < 1.29 is 9.26 Å². The van der Waals surface area contributed by atoms with E-state index in [0.29, 0.717) is 18.3 Å². The molecule has 0 unspecified atom stereocenters. The minimum absolute atomic E-state index is 0.220. The van der Waals surface area contributed by atoms with Crippen LogP contribution in [0.2, 0.25) is 0 Å². The van der Waals surface area contributed by atoms with E-state index in [2.05, 4.69) is 20.4 Å². The van der Waals surface area contributed by atoms with Gasteiger partial charge in [-0.25, -0.2) is 0 Å². The number of nitrogens with zero attached hydrogens (tertiary/aromatic N) is 3. The summed E-state index contributed by atoms with van der Waals surface area (Å²) in [6, 6.07) is 3.84. The number of aryl methyl sites for hydroxylation is 1. The molecule has 2 rings (SSSR count). The highest BCUT2D eigenvalue weighted by atomic mass is 16.5. The van der Waals surface area contributed by atoms with E-state index < -0.39 is 0 Å². The lowest BCUT2D eigenvalue weighted by Gasteiger charge is -2.09. The highest BCUT2D eigenvalue weighted by molar-refractivity contribution is 5.29. The van der Waals surface area contributed by atoms with Gasteiger partial charge in [0.25, 0.3) is 0 Å². The fourth-order valence-electron chi connectivity index (χ4n) is 1.73. The molecular weight excluding hydrogens is 256 g/mol. The molecule has 0 saturated heterocycles. The van der Waals surface area contributed by atoms with Gasteiger partial charge in [0.15, 0.2) is 6.61 Å². The molecule has 0 aliphatic heterocycles. The Bertz CT molecular complexity index is 566. The average molecular weight is 276 g/mol. The van der Waals surface area contributed by atoms with Crippen LogP contribution in [-0.4, -0.2) is 22.2 Å². The van der Waals surface area contributed by atoms with Gasteiger partial charge in [0.2, 0.25) is 11.7 Å². The smallest absolute Gasteiger partial charge is 0.229 e. The van der Waals surface area contributed by atoms with Crippen LogP contribution in [0.3, 0.4) is 0 Å². The lowest BCUT2D eigenvalue weighted by atomic mass is 10.2. The minimum Gasteiger partial charge on any atom is -0.484 e. The second-order valence-electron chi connectivity index (χ2n) is 4.92. The summed E-state index contributed by atoms with van der Waals surface area (Å²) in [7, 11) is 1.88. The van der Waals surface area contributed by atoms with E-state index in [9.17, 15) is 0 Å². The van der Waals surface area contributed by atoms with Crippen LogP contribution in [0.5, 0.6) is 5.75 Å². The van der Waals surface area contributed by atoms with Crippen LogP contribution in [-0.2, 0) is 13.2 Å². The van der Waals surface area contributed by atoms with Crippen molar-refractivity contribution in [2.24, 2.45) is 0 Å². The first kappa shape index (κ1) is 14.5. The van der Waals surface area contributed by atoms with Crippen LogP contribution in [0.15, 0.2) is 16.7 Å². The molecule has 0 bridgehead atoms. The van der Waals surface area contributed by atoms with Crippen LogP contribution in [0.1, 0.15) is 42.9 Å². The first-order chi connectivity index (χ1) is 9.60. The molecule has 20 heavy (non-hydrogen) atoms. The van der Waals surface area contributed by atoms with Gasteiger partial charge in [-0.15, -0.1) is 0 Å². The van der Waals surface area contributed by atoms with Crippen molar-refractivity contribution in [3.63, 3.8) is 0 Å². The summed E-state index contributed by atoms with van der Waals surface area (Å²) in [6.07, 6.45) is 0. The Morgan fingerprint density at radius 1 is 1.30 bits per heavy atom. The third-order valence-corrected chi connectivity index (χ3v) is 2.75. The number of ether oxygens (including phenoxy) is 1. The van der Waals surface area contributed by atoms with Crippen molar-refractivity contribution in [3.8, 4) is 5.75 Å². The standard InChI is InChI=1S/C14H20N4O2/c1-9(2)14-17-13(18-20-14)8-19-12-6-5-10(3)16-11(12)7-15-4/h5-6,9,15H,7-8H2,1-4H3. The predicted molar refractivity (Wildman–Crippen MR) is 74.5 cm³/mol. The molecule has 6 nitrogen and oxygen atoms in total. The summed E-state index contributed by atoms with van der Waals surface area (Å²) in [6.45, 7) is 6.90. The third kappa shape index (κ3) is 3.54. The Morgan fingerprint density at radius 2 is 2.10 bits per heavy atom. The number of rotatable bonds is 6. The molecule has 0 spiro atoms. The van der Waals surface area contributed by atoms with Gasteiger partial charge in [0.05, 0.1) is 5.69 Å². The molecular formula is C14H20N4O2. The Kier molecular flexibility index (Phi) is 4.68. The van der Waals surface area contributed by atoms with Crippen molar-refractivity contribution >= 4 is 0 Å². The second-order valence-corrected chi connectivity index (χ2v) is 4.92. The molecule has 0 radical (unpaired) electrons. The highest BCUT2D eigenvalue weighted by Gasteiger charge is 2.11. The summed E-state index contributed by atoms with van der Waals surface area (Å²) >= 11 is 0. The van der Waals surface area contributed by atoms with Gasteiger partial charge < -0.3 is 14.6 Å². The maximum absolute atomic E-state index is 5.74. The van der Waals surface area contributed by atoms with Crippen molar-refractivity contribution in [2.45, 2.75) is 39.8 Å². The maximum Gasteiger partial charge on any atom is 0.229 e. The molecule has 0 amide bonds. The van der Waals surface area contributed by atoms with Gasteiger partial charge in [-0.1, -0.05) is 19.0 Å². The maximum atomic E-state index is 5.74. The van der Waals surface area contributed by atoms with Crippen LogP contribution in [0.25, 0.3) is 0 Å². The molecule has 2 heterocycles. The molecule has 1 N–H and O–H groups in total. The van der Waals surface area contributed by atoms with Crippen LogP contribution >= 0.6 is 0 Å². The highest BCUT2D eigenvalue weighted by Crippen LogP contribution is 2.18. The zero-order valence-electron chi connectivity index (χ0n) is 12.3. The van der Waals surface area contributed by atoms with Gasteiger partial charge >= 0.3 is 0 Å². The van der Waals surface area contributed by atoms with Gasteiger partial charge in [0.1, 0.15) is 5.75 Å². The SMILES string of the molecule is CNCc1nc(C)ccc1OCc1noc(C(C)C)n1. The Labute approximate surface area is 118 Å². The monoisotopic (exact) mass is 276 g/mol. The molecule has 0 fully saturated rings. The third-order valence-electron chi connectivity index (χ3n) is 2.75. The lowest BCUT2D eigenvalue weighted by molar-refractivity contribution is 0.280. The normalized spacial score (nSPS) is 11.1. The second kappa shape index (κ2) is 6.47. The minimum atomic E-state index is 0.220. The zero-order chi connectivity index (χ0) is 14.5. The molecule has 2 aromatic rings. The van der Waals surface area contributed by atoms with E-state index >= 15 is 0 Å². The zero-order valence-corrected chi connectivity index (χ0v) is 12.3. The summed E-state index contributed by atoms with van der Waals surface area (Å²) in [5.74, 6) is 2.13. The van der Waals surface area contributed by atoms with Gasteiger partial charge in [-0.05, 0) is 26.1 Å². The summed E-state index contributed by atoms with van der Waals surface area (Å²) in [4.78, 5) is 8.74. The molecule has 108 valence electrons. The fraction of sp³-hybridized carbons (Fsp3) is 0.500. The first-order valence-electron chi connectivity index (χ1n) is 6.66. The van der Waals surface area contributed by atoms with E-state index in [1.807, 2.05) is 40.0 Å². The lowest BCUT2D eigenvalue weighted by Crippen LogP contribution is -2.10. The van der Waals surface area contributed by atoms with E-state index in [1.165, 1.54) is 0 Å². The average Bonchev–Trinajstić information content (AvgIpc) is 2.87. The summed E-state index contributed by atoms with van der Waals surface area (Å²) < 4.78 is 10.9. The van der Waals surface area contributed by atoms with E-state index in [1.54, 1.807) is 0 Å². The number of hydrogen-bond acceptors (Lipinski definition) is 6. The molecule has 0 aliphatic carbocycles. The van der Waals surface area contributed by atoms with Gasteiger partial charge in [0, 0.05) is 18.2 Å².